The van der Waals surface area contributed by atoms with Gasteiger partial charge in [-0.2, -0.15) is 17.0 Å². The average Bonchev–Trinajstić information content (AvgIpc) is 2.78. The van der Waals surface area contributed by atoms with Crippen molar-refractivity contribution in [2.45, 2.75) is 58.9 Å². The molecule has 0 aromatic heterocycles. The highest BCUT2D eigenvalue weighted by Crippen LogP contribution is 2.26. The van der Waals surface area contributed by atoms with Gasteiger partial charge in [-0.3, -0.25) is 4.79 Å². The van der Waals surface area contributed by atoms with Crippen molar-refractivity contribution in [1.82, 2.24) is 13.9 Å². The van der Waals surface area contributed by atoms with Gasteiger partial charge in [0.15, 0.2) is 11.5 Å². The fourth-order valence-electron chi connectivity index (χ4n) is 3.69. The Hall–Kier alpha value is -1.84. The van der Waals surface area contributed by atoms with E-state index in [1.54, 1.807) is 16.4 Å². The lowest BCUT2D eigenvalue weighted by molar-refractivity contribution is -0.126. The number of methoxy groups -OCH3 is 1. The summed E-state index contributed by atoms with van der Waals surface area (Å²) < 4.78 is 34.4. The first-order valence-electron chi connectivity index (χ1n) is 11.2. The van der Waals surface area contributed by atoms with Gasteiger partial charge in [0.2, 0.25) is 5.91 Å². The number of hydrogen-bond acceptors (Lipinski definition) is 5. The number of nitrogens with zero attached hydrogens (tertiary/aromatic N) is 2. The number of hydrogen-bond donors (Lipinski definition) is 2. The molecular weight excluding hydrogens is 418 g/mol. The van der Waals surface area contributed by atoms with E-state index in [9.17, 15) is 18.3 Å². The Morgan fingerprint density at radius 1 is 1.19 bits per heavy atom. The molecule has 1 aliphatic heterocycles. The van der Waals surface area contributed by atoms with E-state index in [0.717, 1.165) is 31.2 Å². The van der Waals surface area contributed by atoms with E-state index >= 15 is 0 Å². The number of aromatic hydroxyl groups is 1. The molecular formula is C22H37N3O5S. The van der Waals surface area contributed by atoms with Gasteiger partial charge in [0.05, 0.1) is 7.11 Å². The fraction of sp³-hybridized carbons (Fsp3) is 0.682. The Labute approximate surface area is 186 Å². The van der Waals surface area contributed by atoms with Crippen LogP contribution in [-0.4, -0.2) is 61.3 Å². The largest absolute Gasteiger partial charge is 0.504 e. The summed E-state index contributed by atoms with van der Waals surface area (Å²) in [5.41, 5.74) is 0.825. The van der Waals surface area contributed by atoms with E-state index < -0.39 is 10.2 Å². The molecule has 8 nitrogen and oxygen atoms in total. The van der Waals surface area contributed by atoms with Crippen molar-refractivity contribution >= 4 is 16.1 Å². The van der Waals surface area contributed by atoms with E-state index in [1.165, 1.54) is 17.5 Å². The molecule has 0 atom stereocenters. The normalized spacial score (nSPS) is 15.9. The van der Waals surface area contributed by atoms with Gasteiger partial charge in [0.1, 0.15) is 0 Å². The molecule has 176 valence electrons. The van der Waals surface area contributed by atoms with Gasteiger partial charge in [-0.15, -0.1) is 0 Å². The molecule has 0 saturated carbocycles. The van der Waals surface area contributed by atoms with E-state index in [4.69, 9.17) is 4.74 Å². The molecule has 0 unspecified atom stereocenters. The third-order valence-electron chi connectivity index (χ3n) is 5.71. The summed E-state index contributed by atoms with van der Waals surface area (Å²) in [5.74, 6) is 0.141. The Morgan fingerprint density at radius 2 is 1.81 bits per heavy atom. The van der Waals surface area contributed by atoms with Crippen LogP contribution in [0.3, 0.4) is 0 Å². The molecule has 0 aliphatic carbocycles. The maximum Gasteiger partial charge on any atom is 0.281 e. The predicted molar refractivity (Wildman–Crippen MR) is 121 cm³/mol. The van der Waals surface area contributed by atoms with Crippen LogP contribution in [0.15, 0.2) is 18.2 Å². The van der Waals surface area contributed by atoms with Crippen LogP contribution in [0.1, 0.15) is 57.9 Å². The van der Waals surface area contributed by atoms with Crippen molar-refractivity contribution in [2.24, 2.45) is 5.92 Å². The standard InChI is InChI=1S/C22H37N3O5S/c1-4-6-12-24(13-7-5-2)31(28,29)25-14-10-19(11-15-25)22(27)23-17-18-8-9-20(26)21(16-18)30-3/h8-9,16,19,26H,4-7,10-15,17H2,1-3H3,(H,23,27). The summed E-state index contributed by atoms with van der Waals surface area (Å²) in [4.78, 5) is 12.6. The van der Waals surface area contributed by atoms with Gasteiger partial charge in [-0.1, -0.05) is 32.8 Å². The number of rotatable bonds is 12. The third kappa shape index (κ3) is 7.08. The summed E-state index contributed by atoms with van der Waals surface area (Å²) in [6, 6.07) is 4.95. The van der Waals surface area contributed by atoms with Crippen molar-refractivity contribution in [1.29, 1.82) is 0 Å². The van der Waals surface area contributed by atoms with Gasteiger partial charge in [-0.25, -0.2) is 0 Å². The highest BCUT2D eigenvalue weighted by atomic mass is 32.2. The quantitative estimate of drug-likeness (QED) is 0.505. The lowest BCUT2D eigenvalue weighted by Gasteiger charge is -2.34. The number of phenols is 1. The number of nitrogens with one attached hydrogen (secondary N) is 1. The Morgan fingerprint density at radius 3 is 2.35 bits per heavy atom. The minimum atomic E-state index is -3.49. The van der Waals surface area contributed by atoms with Crippen molar-refractivity contribution < 1.29 is 23.1 Å². The Kier molecular flexibility index (Phi) is 10.1. The minimum absolute atomic E-state index is 0.0538. The first-order chi connectivity index (χ1) is 14.8. The summed E-state index contributed by atoms with van der Waals surface area (Å²) >= 11 is 0. The van der Waals surface area contributed by atoms with Crippen LogP contribution in [-0.2, 0) is 21.5 Å². The fourth-order valence-corrected chi connectivity index (χ4v) is 5.41. The molecule has 2 N–H and O–H groups in total. The molecule has 9 heteroatoms. The van der Waals surface area contributed by atoms with Gasteiger partial charge in [0.25, 0.3) is 10.2 Å². The van der Waals surface area contributed by atoms with Gasteiger partial charge < -0.3 is 15.2 Å². The van der Waals surface area contributed by atoms with Crippen LogP contribution >= 0.6 is 0 Å². The Bertz CT molecular complexity index is 799. The molecule has 1 aliphatic rings. The lowest BCUT2D eigenvalue weighted by Crippen LogP contribution is -2.49. The first-order valence-corrected chi connectivity index (χ1v) is 12.6. The molecule has 1 aromatic rings. The minimum Gasteiger partial charge on any atom is -0.504 e. The van der Waals surface area contributed by atoms with E-state index in [2.05, 4.69) is 19.2 Å². The maximum atomic E-state index is 13.1. The van der Waals surface area contributed by atoms with Crippen LogP contribution in [0, 0.1) is 5.92 Å². The molecule has 1 fully saturated rings. The lowest BCUT2D eigenvalue weighted by atomic mass is 9.97. The van der Waals surface area contributed by atoms with E-state index in [0.29, 0.717) is 51.3 Å². The van der Waals surface area contributed by atoms with Crippen LogP contribution in [0.5, 0.6) is 11.5 Å². The number of phenolic OH excluding ortho intramolecular Hbond substituents is 1. The number of benzene rings is 1. The average molecular weight is 456 g/mol. The molecule has 1 aromatic carbocycles. The summed E-state index contributed by atoms with van der Waals surface area (Å²) in [7, 11) is -2.01. The topological polar surface area (TPSA) is 99.2 Å². The van der Waals surface area contributed by atoms with Crippen LogP contribution in [0.2, 0.25) is 0 Å². The second-order valence-corrected chi connectivity index (χ2v) is 9.94. The third-order valence-corrected chi connectivity index (χ3v) is 7.75. The summed E-state index contributed by atoms with van der Waals surface area (Å²) in [6.45, 7) is 6.27. The highest BCUT2D eigenvalue weighted by molar-refractivity contribution is 7.86. The summed E-state index contributed by atoms with van der Waals surface area (Å²) in [5, 5.41) is 12.6. The molecule has 0 radical (unpaired) electrons. The number of piperidine rings is 1. The van der Waals surface area contributed by atoms with Gasteiger partial charge >= 0.3 is 0 Å². The number of ether oxygens (including phenoxy) is 1. The van der Waals surface area contributed by atoms with Crippen molar-refractivity contribution in [2.75, 3.05) is 33.3 Å². The molecule has 31 heavy (non-hydrogen) atoms. The number of carbonyl (C=O) groups is 1. The smallest absolute Gasteiger partial charge is 0.281 e. The second kappa shape index (κ2) is 12.3. The number of carbonyl (C=O) groups excluding carboxylic acids is 1. The number of unbranched alkanes of at least 4 members (excludes halogenated alkanes) is 2. The number of amides is 1. The second-order valence-electron chi connectivity index (χ2n) is 8.01. The molecule has 1 amide bonds. The molecule has 1 heterocycles. The monoisotopic (exact) mass is 455 g/mol. The van der Waals surface area contributed by atoms with E-state index in [1.807, 2.05) is 0 Å². The molecule has 1 saturated heterocycles. The van der Waals surface area contributed by atoms with Crippen LogP contribution in [0.4, 0.5) is 0 Å². The SMILES string of the molecule is CCCCN(CCCC)S(=O)(=O)N1CCC(C(=O)NCc2ccc(O)c(OC)c2)CC1. The molecule has 0 bridgehead atoms. The predicted octanol–water partition coefficient (Wildman–Crippen LogP) is 2.88. The first kappa shape index (κ1) is 25.4. The maximum absolute atomic E-state index is 13.1. The molecule has 2 rings (SSSR count). The zero-order valence-corrected chi connectivity index (χ0v) is 19.8. The van der Waals surface area contributed by atoms with Crippen molar-refractivity contribution in [3.8, 4) is 11.5 Å². The van der Waals surface area contributed by atoms with Crippen molar-refractivity contribution in [3.63, 3.8) is 0 Å². The Balaban J connectivity index is 1.89. The van der Waals surface area contributed by atoms with Crippen LogP contribution < -0.4 is 10.1 Å². The summed E-state index contributed by atoms with van der Waals surface area (Å²) in [6.07, 6.45) is 4.63. The van der Waals surface area contributed by atoms with Gasteiger partial charge in [0, 0.05) is 38.6 Å². The zero-order chi connectivity index (χ0) is 22.9. The van der Waals surface area contributed by atoms with E-state index in [-0.39, 0.29) is 17.6 Å². The van der Waals surface area contributed by atoms with Gasteiger partial charge in [-0.05, 0) is 43.4 Å². The van der Waals surface area contributed by atoms with Crippen molar-refractivity contribution in [3.05, 3.63) is 23.8 Å². The molecule has 0 spiro atoms. The van der Waals surface area contributed by atoms with Crippen LogP contribution in [0.25, 0.3) is 0 Å². The highest BCUT2D eigenvalue weighted by Gasteiger charge is 2.34. The zero-order valence-electron chi connectivity index (χ0n) is 19.0.